The molecule has 2 aliphatic heterocycles. The summed E-state index contributed by atoms with van der Waals surface area (Å²) in [5.41, 5.74) is 0.822. The highest BCUT2D eigenvalue weighted by atomic mass is 19.1. The van der Waals surface area contributed by atoms with Crippen molar-refractivity contribution in [1.29, 1.82) is 0 Å². The number of hydrogen-bond acceptors (Lipinski definition) is 2. The predicted molar refractivity (Wildman–Crippen MR) is 75.8 cm³/mol. The maximum Gasteiger partial charge on any atom is 0.228 e. The van der Waals surface area contributed by atoms with Crippen molar-refractivity contribution in [2.24, 2.45) is 5.92 Å². The molecule has 1 aromatic rings. The first kappa shape index (κ1) is 14.0. The van der Waals surface area contributed by atoms with E-state index in [2.05, 4.69) is 0 Å². The van der Waals surface area contributed by atoms with Crippen molar-refractivity contribution in [1.82, 2.24) is 9.80 Å². The molecule has 2 amide bonds. The monoisotopic (exact) mass is 290 g/mol. The molecule has 2 aliphatic rings. The molecule has 0 bridgehead atoms. The molecule has 0 unspecified atom stereocenters. The fourth-order valence-corrected chi connectivity index (χ4v) is 3.38. The Morgan fingerprint density at radius 1 is 1.19 bits per heavy atom. The van der Waals surface area contributed by atoms with E-state index in [1.807, 2.05) is 4.90 Å². The number of nitrogens with zero attached hydrogens (tertiary/aromatic N) is 2. The number of carbonyl (C=O) groups is 2. The molecule has 4 nitrogen and oxygen atoms in total. The zero-order chi connectivity index (χ0) is 15.0. The Labute approximate surface area is 123 Å². The predicted octanol–water partition coefficient (Wildman–Crippen LogP) is 1.97. The molecule has 2 heterocycles. The van der Waals surface area contributed by atoms with Crippen LogP contribution in [0.2, 0.25) is 0 Å². The lowest BCUT2D eigenvalue weighted by molar-refractivity contribution is -0.135. The molecule has 0 aromatic heterocycles. The van der Waals surface area contributed by atoms with Crippen molar-refractivity contribution >= 4 is 11.8 Å². The second-order valence-corrected chi connectivity index (χ2v) is 5.84. The Bertz CT molecular complexity index is 552. The Morgan fingerprint density at radius 2 is 1.81 bits per heavy atom. The maximum absolute atomic E-state index is 13.1. The van der Waals surface area contributed by atoms with Gasteiger partial charge in [0.05, 0.1) is 12.0 Å². The standard InChI is InChI=1S/C16H19FN2O2/c1-18-14(20)10-13(16(21)19-8-2-3-9-19)15(18)11-4-6-12(17)7-5-11/h4-7,13,15H,2-3,8-10H2,1H3/t13-,15-/m0/s1. The first-order chi connectivity index (χ1) is 10.1. The van der Waals surface area contributed by atoms with E-state index in [9.17, 15) is 14.0 Å². The summed E-state index contributed by atoms with van der Waals surface area (Å²) >= 11 is 0. The normalized spacial score (nSPS) is 25.7. The van der Waals surface area contributed by atoms with E-state index < -0.39 is 0 Å². The second kappa shape index (κ2) is 5.47. The van der Waals surface area contributed by atoms with Gasteiger partial charge in [0.25, 0.3) is 0 Å². The summed E-state index contributed by atoms with van der Waals surface area (Å²) in [5.74, 6) is -0.638. The van der Waals surface area contributed by atoms with Crippen molar-refractivity contribution in [2.75, 3.05) is 20.1 Å². The minimum atomic E-state index is -0.355. The number of carbonyl (C=O) groups excluding carboxylic acids is 2. The van der Waals surface area contributed by atoms with E-state index in [1.54, 1.807) is 24.1 Å². The largest absolute Gasteiger partial charge is 0.342 e. The molecule has 2 fully saturated rings. The minimum Gasteiger partial charge on any atom is -0.342 e. The van der Waals surface area contributed by atoms with E-state index in [0.717, 1.165) is 31.5 Å². The number of amides is 2. The van der Waals surface area contributed by atoms with Crippen LogP contribution < -0.4 is 0 Å². The summed E-state index contributed by atoms with van der Waals surface area (Å²) in [6.07, 6.45) is 2.31. The molecule has 21 heavy (non-hydrogen) atoms. The lowest BCUT2D eigenvalue weighted by Gasteiger charge is -2.27. The van der Waals surface area contributed by atoms with Crippen LogP contribution in [0.4, 0.5) is 4.39 Å². The zero-order valence-corrected chi connectivity index (χ0v) is 12.1. The van der Waals surface area contributed by atoms with Gasteiger partial charge in [0.2, 0.25) is 11.8 Å². The van der Waals surface area contributed by atoms with Gasteiger partial charge in [-0.05, 0) is 30.5 Å². The van der Waals surface area contributed by atoms with Gasteiger partial charge in [-0.25, -0.2) is 4.39 Å². The van der Waals surface area contributed by atoms with Gasteiger partial charge in [0.15, 0.2) is 0 Å². The third-order valence-electron chi connectivity index (χ3n) is 4.53. The van der Waals surface area contributed by atoms with Gasteiger partial charge in [-0.15, -0.1) is 0 Å². The highest BCUT2D eigenvalue weighted by molar-refractivity contribution is 5.90. The van der Waals surface area contributed by atoms with E-state index in [-0.39, 0.29) is 36.0 Å². The van der Waals surface area contributed by atoms with Crippen molar-refractivity contribution < 1.29 is 14.0 Å². The minimum absolute atomic E-state index is 0.0260. The van der Waals surface area contributed by atoms with Gasteiger partial charge in [-0.1, -0.05) is 12.1 Å². The average molecular weight is 290 g/mol. The molecular formula is C16H19FN2O2. The van der Waals surface area contributed by atoms with E-state index in [0.29, 0.717) is 0 Å². The summed E-state index contributed by atoms with van der Waals surface area (Å²) in [6.45, 7) is 1.56. The average Bonchev–Trinajstić information content (AvgIpc) is 3.09. The van der Waals surface area contributed by atoms with Crippen molar-refractivity contribution in [3.05, 3.63) is 35.6 Å². The van der Waals surface area contributed by atoms with Crippen molar-refractivity contribution in [3.63, 3.8) is 0 Å². The van der Waals surface area contributed by atoms with Crippen LogP contribution in [-0.4, -0.2) is 41.8 Å². The number of halogens is 1. The van der Waals surface area contributed by atoms with Crippen molar-refractivity contribution in [2.45, 2.75) is 25.3 Å². The highest BCUT2D eigenvalue weighted by Crippen LogP contribution is 2.38. The first-order valence-electron chi connectivity index (χ1n) is 7.38. The molecule has 2 saturated heterocycles. The summed E-state index contributed by atoms with van der Waals surface area (Å²) in [5, 5.41) is 0. The Hall–Kier alpha value is -1.91. The van der Waals surface area contributed by atoms with Crippen LogP contribution in [0.1, 0.15) is 30.9 Å². The van der Waals surface area contributed by atoms with Crippen LogP contribution in [0.3, 0.4) is 0 Å². The molecule has 0 aliphatic carbocycles. The fraction of sp³-hybridized carbons (Fsp3) is 0.500. The number of rotatable bonds is 2. The van der Waals surface area contributed by atoms with E-state index >= 15 is 0 Å². The van der Waals surface area contributed by atoms with E-state index in [1.165, 1.54) is 12.1 Å². The molecule has 1 aromatic carbocycles. The molecule has 0 radical (unpaired) electrons. The van der Waals surface area contributed by atoms with Gasteiger partial charge in [0, 0.05) is 26.6 Å². The lowest BCUT2D eigenvalue weighted by Crippen LogP contribution is -2.36. The van der Waals surface area contributed by atoms with Gasteiger partial charge < -0.3 is 9.80 Å². The molecule has 0 N–H and O–H groups in total. The number of likely N-dealkylation sites (tertiary alicyclic amines) is 2. The van der Waals surface area contributed by atoms with Gasteiger partial charge in [-0.2, -0.15) is 0 Å². The number of hydrogen-bond donors (Lipinski definition) is 0. The number of benzene rings is 1. The Kier molecular flexibility index (Phi) is 3.66. The molecule has 0 saturated carbocycles. The van der Waals surface area contributed by atoms with Crippen LogP contribution in [0.5, 0.6) is 0 Å². The Morgan fingerprint density at radius 3 is 2.43 bits per heavy atom. The van der Waals surface area contributed by atoms with Crippen LogP contribution in [0.15, 0.2) is 24.3 Å². The quantitative estimate of drug-likeness (QED) is 0.835. The van der Waals surface area contributed by atoms with Gasteiger partial charge in [0.1, 0.15) is 5.82 Å². The summed E-state index contributed by atoms with van der Waals surface area (Å²) in [4.78, 5) is 28.2. The van der Waals surface area contributed by atoms with Crippen molar-refractivity contribution in [3.8, 4) is 0 Å². The fourth-order valence-electron chi connectivity index (χ4n) is 3.38. The molecule has 5 heteroatoms. The Balaban J connectivity index is 1.88. The van der Waals surface area contributed by atoms with Gasteiger partial charge >= 0.3 is 0 Å². The third-order valence-corrected chi connectivity index (χ3v) is 4.53. The molecule has 112 valence electrons. The lowest BCUT2D eigenvalue weighted by atomic mass is 9.92. The van der Waals surface area contributed by atoms with Crippen LogP contribution in [0.25, 0.3) is 0 Å². The van der Waals surface area contributed by atoms with Crippen LogP contribution >= 0.6 is 0 Å². The van der Waals surface area contributed by atoms with Gasteiger partial charge in [-0.3, -0.25) is 9.59 Å². The smallest absolute Gasteiger partial charge is 0.228 e. The van der Waals surface area contributed by atoms with E-state index in [4.69, 9.17) is 0 Å². The zero-order valence-electron chi connectivity index (χ0n) is 12.1. The molecule has 2 atom stereocenters. The van der Waals surface area contributed by atoms with Crippen LogP contribution in [-0.2, 0) is 9.59 Å². The molecular weight excluding hydrogens is 271 g/mol. The highest BCUT2D eigenvalue weighted by Gasteiger charge is 2.44. The molecule has 3 rings (SSSR count). The summed E-state index contributed by atoms with van der Waals surface area (Å²) < 4.78 is 13.1. The SMILES string of the molecule is CN1C(=O)C[C@H](C(=O)N2CCCC2)[C@@H]1c1ccc(F)cc1. The topological polar surface area (TPSA) is 40.6 Å². The maximum atomic E-state index is 13.1. The summed E-state index contributed by atoms with van der Waals surface area (Å²) in [7, 11) is 1.72. The third kappa shape index (κ3) is 2.52. The summed E-state index contributed by atoms with van der Waals surface area (Å²) in [6, 6.07) is 5.80. The first-order valence-corrected chi connectivity index (χ1v) is 7.38. The second-order valence-electron chi connectivity index (χ2n) is 5.84. The molecule has 0 spiro atoms. The van der Waals surface area contributed by atoms with Crippen LogP contribution in [0, 0.1) is 11.7 Å².